The highest BCUT2D eigenvalue weighted by Crippen LogP contribution is 2.52. The van der Waals surface area contributed by atoms with Gasteiger partial charge in [-0.15, -0.1) is 0 Å². The molecule has 1 N–H and O–H groups in total. The fourth-order valence-electron chi connectivity index (χ4n) is 4.76. The summed E-state index contributed by atoms with van der Waals surface area (Å²) >= 11 is 0. The predicted molar refractivity (Wildman–Crippen MR) is 119 cm³/mol. The maximum atomic E-state index is 12.8. The minimum atomic E-state index is -3.95. The van der Waals surface area contributed by atoms with E-state index in [1.165, 1.54) is 18.2 Å². The van der Waals surface area contributed by atoms with E-state index in [0.29, 0.717) is 11.6 Å². The smallest absolute Gasteiger partial charge is 0.270 e. The van der Waals surface area contributed by atoms with E-state index in [9.17, 15) is 18.5 Å². The number of non-ortho nitro benzene ring substituents is 1. The number of hydrogen-bond donors (Lipinski definition) is 1. The van der Waals surface area contributed by atoms with Gasteiger partial charge in [-0.25, -0.2) is 8.42 Å². The average molecular weight is 445 g/mol. The first kappa shape index (κ1) is 21.6. The number of nitro benzene ring substituents is 1. The highest BCUT2D eigenvalue weighted by Gasteiger charge is 2.43. The molecular formula is C23H28N2O5S. The molecule has 1 fully saturated rings. The van der Waals surface area contributed by atoms with Gasteiger partial charge in [-0.3, -0.25) is 14.8 Å². The van der Waals surface area contributed by atoms with Gasteiger partial charge in [-0.1, -0.05) is 33.3 Å². The fraction of sp³-hybridized carbons (Fsp3) is 0.478. The van der Waals surface area contributed by atoms with E-state index in [0.717, 1.165) is 43.1 Å². The number of rotatable bonds is 6. The van der Waals surface area contributed by atoms with Crippen LogP contribution in [0.5, 0.6) is 5.75 Å². The van der Waals surface area contributed by atoms with Crippen molar-refractivity contribution in [2.75, 3.05) is 4.72 Å². The van der Waals surface area contributed by atoms with Crippen molar-refractivity contribution in [3.8, 4) is 5.75 Å². The molecule has 1 heterocycles. The van der Waals surface area contributed by atoms with Crippen molar-refractivity contribution in [3.63, 3.8) is 0 Å². The Balaban J connectivity index is 1.59. The van der Waals surface area contributed by atoms with Crippen molar-refractivity contribution in [3.05, 3.63) is 58.1 Å². The molecule has 0 saturated heterocycles. The van der Waals surface area contributed by atoms with Crippen LogP contribution >= 0.6 is 0 Å². The summed E-state index contributed by atoms with van der Waals surface area (Å²) in [6, 6.07) is 10.4. The quantitative estimate of drug-likeness (QED) is 0.470. The first-order valence-electron chi connectivity index (χ1n) is 10.7. The molecule has 31 heavy (non-hydrogen) atoms. The van der Waals surface area contributed by atoms with Gasteiger partial charge >= 0.3 is 0 Å². The lowest BCUT2D eigenvalue weighted by Crippen LogP contribution is -2.34. The Morgan fingerprint density at radius 2 is 1.97 bits per heavy atom. The van der Waals surface area contributed by atoms with Crippen molar-refractivity contribution in [1.82, 2.24) is 0 Å². The van der Waals surface area contributed by atoms with Crippen molar-refractivity contribution in [1.29, 1.82) is 0 Å². The number of fused-ring (bicyclic) bond motifs is 3. The Morgan fingerprint density at radius 1 is 1.19 bits per heavy atom. The highest BCUT2D eigenvalue weighted by molar-refractivity contribution is 7.92. The Morgan fingerprint density at radius 3 is 2.68 bits per heavy atom. The SMILES string of the molecule is CCC(C)(C)[C@H]1CC[C@@H]2Oc3ccc(NS(=O)(=O)c4cccc([N+](=O)[O-])c4)cc3[C@@H]2C1. The van der Waals surface area contributed by atoms with E-state index in [1.54, 1.807) is 6.07 Å². The molecule has 2 aliphatic rings. The summed E-state index contributed by atoms with van der Waals surface area (Å²) in [6.07, 6.45) is 4.43. The molecule has 1 aliphatic heterocycles. The minimum absolute atomic E-state index is 0.140. The Bertz CT molecular complexity index is 1110. The van der Waals surface area contributed by atoms with Crippen LogP contribution in [0.15, 0.2) is 47.4 Å². The highest BCUT2D eigenvalue weighted by atomic mass is 32.2. The number of ether oxygens (including phenoxy) is 1. The van der Waals surface area contributed by atoms with E-state index in [1.807, 2.05) is 12.1 Å². The molecule has 0 unspecified atom stereocenters. The summed E-state index contributed by atoms with van der Waals surface area (Å²) in [4.78, 5) is 10.2. The minimum Gasteiger partial charge on any atom is -0.489 e. The van der Waals surface area contributed by atoms with E-state index < -0.39 is 14.9 Å². The fourth-order valence-corrected chi connectivity index (χ4v) is 5.85. The molecule has 2 aromatic carbocycles. The molecule has 1 saturated carbocycles. The lowest BCUT2D eigenvalue weighted by molar-refractivity contribution is -0.385. The standard InChI is InChI=1S/C23H28N2O5S/c1-4-23(2,3)15-8-10-21-19(12-15)20-13-16(9-11-22(20)30-21)24-31(28,29)18-7-5-6-17(14-18)25(26)27/h5-7,9,11,13-15,19,21,24H,4,8,10,12H2,1-3H3/t15-,19-,21-/m0/s1. The second-order valence-corrected chi connectivity index (χ2v) is 10.9. The molecule has 2 aromatic rings. The zero-order valence-corrected chi connectivity index (χ0v) is 18.8. The molecular weight excluding hydrogens is 416 g/mol. The van der Waals surface area contributed by atoms with Gasteiger partial charge in [0.2, 0.25) is 0 Å². The third-order valence-electron chi connectivity index (χ3n) is 7.08. The van der Waals surface area contributed by atoms with Crippen LogP contribution in [0, 0.1) is 21.4 Å². The van der Waals surface area contributed by atoms with Crippen LogP contribution in [0.1, 0.15) is 57.9 Å². The van der Waals surface area contributed by atoms with E-state index in [4.69, 9.17) is 4.74 Å². The van der Waals surface area contributed by atoms with Gasteiger partial charge in [0, 0.05) is 29.3 Å². The third kappa shape index (κ3) is 4.13. The monoisotopic (exact) mass is 444 g/mol. The zero-order chi connectivity index (χ0) is 22.4. The lowest BCUT2D eigenvalue weighted by atomic mass is 9.65. The number of hydrogen-bond acceptors (Lipinski definition) is 5. The summed E-state index contributed by atoms with van der Waals surface area (Å²) in [7, 11) is -3.95. The summed E-state index contributed by atoms with van der Waals surface area (Å²) in [5.41, 5.74) is 1.47. The van der Waals surface area contributed by atoms with Crippen LogP contribution in [-0.2, 0) is 10.0 Å². The molecule has 166 valence electrons. The maximum Gasteiger partial charge on any atom is 0.270 e. The van der Waals surface area contributed by atoms with Gasteiger partial charge in [-0.05, 0) is 54.9 Å². The Hall–Kier alpha value is -2.61. The van der Waals surface area contributed by atoms with Crippen molar-refractivity contribution in [2.24, 2.45) is 11.3 Å². The second-order valence-electron chi connectivity index (χ2n) is 9.23. The summed E-state index contributed by atoms with van der Waals surface area (Å²) in [6.45, 7) is 6.86. The third-order valence-corrected chi connectivity index (χ3v) is 8.46. The van der Waals surface area contributed by atoms with Crippen LogP contribution in [0.4, 0.5) is 11.4 Å². The Labute approximate surface area is 183 Å². The number of nitrogens with zero attached hydrogens (tertiary/aromatic N) is 1. The van der Waals surface area contributed by atoms with Crippen LogP contribution in [0.25, 0.3) is 0 Å². The molecule has 3 atom stereocenters. The van der Waals surface area contributed by atoms with Crippen molar-refractivity contribution in [2.45, 2.75) is 63.4 Å². The lowest BCUT2D eigenvalue weighted by Gasteiger charge is -2.40. The molecule has 7 nitrogen and oxygen atoms in total. The van der Waals surface area contributed by atoms with Gasteiger partial charge in [-0.2, -0.15) is 0 Å². The molecule has 0 bridgehead atoms. The van der Waals surface area contributed by atoms with Crippen LogP contribution in [0.2, 0.25) is 0 Å². The summed E-state index contributed by atoms with van der Waals surface area (Å²) in [5, 5.41) is 11.0. The van der Waals surface area contributed by atoms with E-state index in [2.05, 4.69) is 25.5 Å². The predicted octanol–water partition coefficient (Wildman–Crippen LogP) is 5.48. The van der Waals surface area contributed by atoms with Gasteiger partial charge in [0.05, 0.1) is 9.82 Å². The Kier molecular flexibility index (Phi) is 5.45. The molecule has 8 heteroatoms. The van der Waals surface area contributed by atoms with Gasteiger partial charge < -0.3 is 4.74 Å². The van der Waals surface area contributed by atoms with Crippen molar-refractivity contribution < 1.29 is 18.1 Å². The van der Waals surface area contributed by atoms with E-state index >= 15 is 0 Å². The first-order valence-corrected chi connectivity index (χ1v) is 12.2. The average Bonchev–Trinajstić information content (AvgIpc) is 3.11. The zero-order valence-electron chi connectivity index (χ0n) is 18.0. The molecule has 1 aliphatic carbocycles. The molecule has 0 radical (unpaired) electrons. The van der Waals surface area contributed by atoms with Crippen molar-refractivity contribution >= 4 is 21.4 Å². The van der Waals surface area contributed by atoms with Crippen LogP contribution in [-0.4, -0.2) is 19.4 Å². The second kappa shape index (κ2) is 7.82. The number of anilines is 1. The first-order chi connectivity index (χ1) is 14.6. The molecule has 0 spiro atoms. The normalized spacial score (nSPS) is 22.9. The number of nitrogens with one attached hydrogen (secondary N) is 1. The largest absolute Gasteiger partial charge is 0.489 e. The molecule has 0 aromatic heterocycles. The number of benzene rings is 2. The number of nitro groups is 1. The maximum absolute atomic E-state index is 12.8. The van der Waals surface area contributed by atoms with Crippen LogP contribution < -0.4 is 9.46 Å². The van der Waals surface area contributed by atoms with Crippen LogP contribution in [0.3, 0.4) is 0 Å². The topological polar surface area (TPSA) is 98.5 Å². The summed E-state index contributed by atoms with van der Waals surface area (Å²) < 4.78 is 34.4. The number of sulfonamides is 1. The van der Waals surface area contributed by atoms with Gasteiger partial charge in [0.25, 0.3) is 15.7 Å². The molecule has 0 amide bonds. The van der Waals surface area contributed by atoms with E-state index in [-0.39, 0.29) is 28.0 Å². The molecule has 4 rings (SSSR count). The van der Waals surface area contributed by atoms with Gasteiger partial charge in [0.15, 0.2) is 0 Å². The summed E-state index contributed by atoms with van der Waals surface area (Å²) in [5.74, 6) is 1.67. The van der Waals surface area contributed by atoms with Gasteiger partial charge in [0.1, 0.15) is 11.9 Å².